The molecular weight excluding hydrogens is 383 g/mol. The van der Waals surface area contributed by atoms with E-state index in [-0.39, 0.29) is 17.5 Å². The van der Waals surface area contributed by atoms with Crippen LogP contribution in [0.3, 0.4) is 0 Å². The Labute approximate surface area is 160 Å². The summed E-state index contributed by atoms with van der Waals surface area (Å²) >= 11 is 16.8. The minimum atomic E-state index is -0.453. The van der Waals surface area contributed by atoms with Gasteiger partial charge in [-0.25, -0.2) is 0 Å². The number of halogens is 2. The third-order valence-electron chi connectivity index (χ3n) is 3.03. The van der Waals surface area contributed by atoms with E-state index in [0.717, 1.165) is 0 Å². The molecule has 5 nitrogen and oxygen atoms in total. The van der Waals surface area contributed by atoms with Crippen LogP contribution in [0.2, 0.25) is 10.0 Å². The zero-order valence-electron chi connectivity index (χ0n) is 13.1. The van der Waals surface area contributed by atoms with E-state index in [2.05, 4.69) is 10.6 Å². The molecule has 0 saturated carbocycles. The van der Waals surface area contributed by atoms with E-state index in [9.17, 15) is 9.59 Å². The van der Waals surface area contributed by atoms with E-state index in [0.29, 0.717) is 27.0 Å². The molecule has 0 unspecified atom stereocenters. The summed E-state index contributed by atoms with van der Waals surface area (Å²) in [5, 5.41) is 6.19. The highest BCUT2D eigenvalue weighted by Gasteiger charge is 2.09. The number of Topliss-reactive ketones (excluding diaryl/α,β-unsaturated/α-hetero) is 1. The van der Waals surface area contributed by atoms with Crippen molar-refractivity contribution in [3.05, 3.63) is 58.1 Å². The first-order valence-corrected chi connectivity index (χ1v) is 8.31. The minimum absolute atomic E-state index is 0.0631. The Kier molecular flexibility index (Phi) is 6.75. The molecule has 25 heavy (non-hydrogen) atoms. The number of nitrogens with one attached hydrogen (secondary N) is 2. The van der Waals surface area contributed by atoms with Gasteiger partial charge in [0.2, 0.25) is 0 Å². The van der Waals surface area contributed by atoms with E-state index >= 15 is 0 Å². The molecule has 2 N–H and O–H groups in total. The van der Waals surface area contributed by atoms with Gasteiger partial charge in [-0.05, 0) is 49.5 Å². The molecule has 0 aliphatic carbocycles. The SMILES string of the molecule is CC(=O)c1cccc(NC(=S)NC(=O)COc2ccc(Cl)cc2Cl)c1. The van der Waals surface area contributed by atoms with Crippen LogP contribution >= 0.6 is 35.4 Å². The third-order valence-corrected chi connectivity index (χ3v) is 3.77. The van der Waals surface area contributed by atoms with Crippen molar-refractivity contribution in [2.45, 2.75) is 6.92 Å². The van der Waals surface area contributed by atoms with Crippen LogP contribution in [0, 0.1) is 0 Å². The number of carbonyl (C=O) groups excluding carboxylic acids is 2. The van der Waals surface area contributed by atoms with Crippen molar-refractivity contribution in [2.75, 3.05) is 11.9 Å². The van der Waals surface area contributed by atoms with Gasteiger partial charge in [-0.15, -0.1) is 0 Å². The lowest BCUT2D eigenvalue weighted by atomic mass is 10.1. The number of amides is 1. The number of carbonyl (C=O) groups is 2. The van der Waals surface area contributed by atoms with Gasteiger partial charge in [0, 0.05) is 16.3 Å². The van der Waals surface area contributed by atoms with Crippen LogP contribution in [0.1, 0.15) is 17.3 Å². The number of ether oxygens (including phenoxy) is 1. The minimum Gasteiger partial charge on any atom is -0.482 e. The molecule has 0 aliphatic heterocycles. The van der Waals surface area contributed by atoms with Crippen LogP contribution in [-0.2, 0) is 4.79 Å². The van der Waals surface area contributed by atoms with Gasteiger partial charge in [-0.2, -0.15) is 0 Å². The first-order chi connectivity index (χ1) is 11.8. The number of benzene rings is 2. The number of thiocarbonyl (C=S) groups is 1. The highest BCUT2D eigenvalue weighted by Crippen LogP contribution is 2.27. The summed E-state index contributed by atoms with van der Waals surface area (Å²) in [6.45, 7) is 1.20. The van der Waals surface area contributed by atoms with Crippen LogP contribution < -0.4 is 15.4 Å². The van der Waals surface area contributed by atoms with E-state index in [1.54, 1.807) is 36.4 Å². The van der Waals surface area contributed by atoms with Gasteiger partial charge in [0.05, 0.1) is 5.02 Å². The van der Waals surface area contributed by atoms with Gasteiger partial charge >= 0.3 is 0 Å². The standard InChI is InChI=1S/C17H14Cl2N2O3S/c1-10(22)11-3-2-4-13(7-11)20-17(25)21-16(23)9-24-15-6-5-12(18)8-14(15)19/h2-8H,9H2,1H3,(H2,20,21,23,25). The van der Waals surface area contributed by atoms with Crippen molar-refractivity contribution in [3.63, 3.8) is 0 Å². The number of hydrogen-bond acceptors (Lipinski definition) is 4. The van der Waals surface area contributed by atoms with Crippen molar-refractivity contribution in [2.24, 2.45) is 0 Å². The molecule has 0 aromatic heterocycles. The Morgan fingerprint density at radius 2 is 1.92 bits per heavy atom. The van der Waals surface area contributed by atoms with Gasteiger partial charge in [0.1, 0.15) is 5.75 Å². The summed E-state index contributed by atoms with van der Waals surface area (Å²) in [7, 11) is 0. The Balaban J connectivity index is 1.86. The third kappa shape index (κ3) is 6.01. The monoisotopic (exact) mass is 396 g/mol. The Hall–Kier alpha value is -2.15. The quantitative estimate of drug-likeness (QED) is 0.588. The van der Waals surface area contributed by atoms with Crippen LogP contribution in [0.15, 0.2) is 42.5 Å². The maximum Gasteiger partial charge on any atom is 0.264 e. The maximum absolute atomic E-state index is 11.9. The lowest BCUT2D eigenvalue weighted by Crippen LogP contribution is -2.37. The Bertz CT molecular complexity index is 827. The first kappa shape index (κ1) is 19.2. The molecule has 2 aromatic carbocycles. The van der Waals surface area contributed by atoms with E-state index in [1.165, 1.54) is 13.0 Å². The van der Waals surface area contributed by atoms with E-state index < -0.39 is 5.91 Å². The summed E-state index contributed by atoms with van der Waals surface area (Å²) in [4.78, 5) is 23.2. The molecule has 0 atom stereocenters. The second kappa shape index (κ2) is 8.80. The molecule has 2 rings (SSSR count). The van der Waals surface area contributed by atoms with Crippen molar-refractivity contribution in [3.8, 4) is 5.75 Å². The molecule has 0 aliphatic rings. The summed E-state index contributed by atoms with van der Waals surface area (Å²) < 4.78 is 5.32. The van der Waals surface area contributed by atoms with Gasteiger partial charge in [0.15, 0.2) is 17.5 Å². The molecule has 8 heteroatoms. The van der Waals surface area contributed by atoms with Gasteiger partial charge in [-0.3, -0.25) is 14.9 Å². The topological polar surface area (TPSA) is 67.4 Å². The number of ketones is 1. The fourth-order valence-corrected chi connectivity index (χ4v) is 2.57. The largest absolute Gasteiger partial charge is 0.482 e. The van der Waals surface area contributed by atoms with Crippen LogP contribution in [0.4, 0.5) is 5.69 Å². The maximum atomic E-state index is 11.9. The van der Waals surface area contributed by atoms with Crippen LogP contribution in [-0.4, -0.2) is 23.4 Å². The molecule has 0 radical (unpaired) electrons. The highest BCUT2D eigenvalue weighted by atomic mass is 35.5. The lowest BCUT2D eigenvalue weighted by molar-refractivity contribution is -0.121. The Morgan fingerprint density at radius 3 is 2.60 bits per heavy atom. The Morgan fingerprint density at radius 1 is 1.16 bits per heavy atom. The van der Waals surface area contributed by atoms with E-state index in [1.807, 2.05) is 0 Å². The molecule has 0 fully saturated rings. The number of hydrogen-bond donors (Lipinski definition) is 2. The average Bonchev–Trinajstić information content (AvgIpc) is 2.54. The predicted molar refractivity (Wildman–Crippen MR) is 103 cm³/mol. The second-order valence-electron chi connectivity index (χ2n) is 5.00. The van der Waals surface area contributed by atoms with Gasteiger partial charge in [-0.1, -0.05) is 35.3 Å². The number of rotatable bonds is 5. The van der Waals surface area contributed by atoms with Crippen molar-refractivity contribution >= 4 is 57.9 Å². The zero-order chi connectivity index (χ0) is 18.4. The molecule has 0 bridgehead atoms. The van der Waals surface area contributed by atoms with Crippen molar-refractivity contribution in [1.29, 1.82) is 0 Å². The van der Waals surface area contributed by atoms with Crippen LogP contribution in [0.5, 0.6) is 5.75 Å². The van der Waals surface area contributed by atoms with Gasteiger partial charge in [0.25, 0.3) is 5.91 Å². The summed E-state index contributed by atoms with van der Waals surface area (Å²) in [5.74, 6) is -0.174. The zero-order valence-corrected chi connectivity index (χ0v) is 15.5. The molecular formula is C17H14Cl2N2O3S. The van der Waals surface area contributed by atoms with Crippen molar-refractivity contribution < 1.29 is 14.3 Å². The predicted octanol–water partition coefficient (Wildman–Crippen LogP) is 4.09. The molecule has 0 heterocycles. The second-order valence-corrected chi connectivity index (χ2v) is 6.25. The normalized spacial score (nSPS) is 10.0. The summed E-state index contributed by atoms with van der Waals surface area (Å²) in [6, 6.07) is 11.5. The molecule has 130 valence electrons. The lowest BCUT2D eigenvalue weighted by Gasteiger charge is -2.11. The molecule has 1 amide bonds. The van der Waals surface area contributed by atoms with Gasteiger partial charge < -0.3 is 10.1 Å². The average molecular weight is 397 g/mol. The summed E-state index contributed by atoms with van der Waals surface area (Å²) in [6.07, 6.45) is 0. The smallest absolute Gasteiger partial charge is 0.264 e. The van der Waals surface area contributed by atoms with Crippen LogP contribution in [0.25, 0.3) is 0 Å². The number of anilines is 1. The molecule has 0 saturated heterocycles. The highest BCUT2D eigenvalue weighted by molar-refractivity contribution is 7.80. The van der Waals surface area contributed by atoms with Crippen molar-refractivity contribution in [1.82, 2.24) is 5.32 Å². The molecule has 2 aromatic rings. The molecule has 0 spiro atoms. The van der Waals surface area contributed by atoms with E-state index in [4.69, 9.17) is 40.2 Å². The summed E-state index contributed by atoms with van der Waals surface area (Å²) in [5.41, 5.74) is 1.14. The first-order valence-electron chi connectivity index (χ1n) is 7.15. The fraction of sp³-hybridized carbons (Fsp3) is 0.118. The fourth-order valence-electron chi connectivity index (χ4n) is 1.88.